The summed E-state index contributed by atoms with van der Waals surface area (Å²) in [6.07, 6.45) is 2.23. The smallest absolute Gasteiger partial charge is 0.208 e. The molecule has 0 radical (unpaired) electrons. The molecule has 18 heavy (non-hydrogen) atoms. The summed E-state index contributed by atoms with van der Waals surface area (Å²) in [7, 11) is 3.85. The van der Waals surface area contributed by atoms with Crippen LogP contribution in [0.2, 0.25) is 0 Å². The number of hydrazine groups is 1. The number of hydrogen-bond donors (Lipinski definition) is 2. The van der Waals surface area contributed by atoms with Gasteiger partial charge in [-0.05, 0) is 26.4 Å². The topological polar surface area (TPSA) is 66.1 Å². The first-order valence-corrected chi connectivity index (χ1v) is 6.68. The minimum atomic E-state index is 0.467. The number of methoxy groups -OCH3 is 1. The number of nitrogens with two attached hydrogens (primary N) is 1. The van der Waals surface area contributed by atoms with E-state index in [1.54, 1.807) is 7.11 Å². The summed E-state index contributed by atoms with van der Waals surface area (Å²) < 4.78 is 5.02. The SMILES string of the molecule is CCC1CN(C)CCCN1C(=NCCOC)NN. The minimum absolute atomic E-state index is 0.467. The average molecular weight is 257 g/mol. The van der Waals surface area contributed by atoms with E-state index in [1.165, 1.54) is 0 Å². The van der Waals surface area contributed by atoms with Crippen molar-refractivity contribution in [1.82, 2.24) is 15.2 Å². The molecule has 0 bridgehead atoms. The second-order valence-corrected chi connectivity index (χ2v) is 4.71. The van der Waals surface area contributed by atoms with Crippen molar-refractivity contribution >= 4 is 5.96 Å². The lowest BCUT2D eigenvalue weighted by Gasteiger charge is -2.32. The Kier molecular flexibility index (Phi) is 7.00. The molecule has 0 spiro atoms. The van der Waals surface area contributed by atoms with E-state index >= 15 is 0 Å². The fraction of sp³-hybridized carbons (Fsp3) is 0.917. The zero-order valence-electron chi connectivity index (χ0n) is 11.9. The molecule has 1 aliphatic heterocycles. The Balaban J connectivity index is 2.70. The molecule has 1 atom stereocenters. The van der Waals surface area contributed by atoms with Crippen LogP contribution in [0.1, 0.15) is 19.8 Å². The zero-order valence-corrected chi connectivity index (χ0v) is 11.9. The number of nitrogens with zero attached hydrogens (tertiary/aromatic N) is 3. The quantitative estimate of drug-likeness (QED) is 0.241. The summed E-state index contributed by atoms with van der Waals surface area (Å²) in [5.74, 6) is 6.40. The molecular formula is C12H27N5O. The molecule has 0 amide bonds. The first kappa shape index (κ1) is 15.2. The first-order valence-electron chi connectivity index (χ1n) is 6.68. The third-order valence-corrected chi connectivity index (χ3v) is 3.33. The van der Waals surface area contributed by atoms with Crippen molar-refractivity contribution in [3.63, 3.8) is 0 Å². The molecule has 0 aromatic rings. The molecule has 6 heteroatoms. The van der Waals surface area contributed by atoms with E-state index in [-0.39, 0.29) is 0 Å². The maximum absolute atomic E-state index is 5.61. The third kappa shape index (κ3) is 4.44. The van der Waals surface area contributed by atoms with Gasteiger partial charge in [0.05, 0.1) is 13.2 Å². The Morgan fingerprint density at radius 1 is 1.50 bits per heavy atom. The Bertz CT molecular complexity index is 259. The molecule has 0 aliphatic carbocycles. The zero-order chi connectivity index (χ0) is 13.4. The number of hydrogen-bond acceptors (Lipinski definition) is 4. The maximum Gasteiger partial charge on any atom is 0.208 e. The number of aliphatic imine (C=N–C) groups is 1. The van der Waals surface area contributed by atoms with E-state index in [2.05, 4.69) is 34.2 Å². The van der Waals surface area contributed by atoms with Crippen molar-refractivity contribution in [2.75, 3.05) is 46.9 Å². The van der Waals surface area contributed by atoms with Crippen molar-refractivity contribution in [3.05, 3.63) is 0 Å². The molecule has 1 saturated heterocycles. The summed E-state index contributed by atoms with van der Waals surface area (Å²) in [6.45, 7) is 6.65. The van der Waals surface area contributed by atoms with Crippen molar-refractivity contribution < 1.29 is 4.74 Å². The number of likely N-dealkylation sites (N-methyl/N-ethyl adjacent to an activating group) is 1. The van der Waals surface area contributed by atoms with Crippen molar-refractivity contribution in [2.45, 2.75) is 25.8 Å². The molecule has 1 rings (SSSR count). The summed E-state index contributed by atoms with van der Waals surface area (Å²) in [5, 5.41) is 0. The van der Waals surface area contributed by atoms with Gasteiger partial charge >= 0.3 is 0 Å². The summed E-state index contributed by atoms with van der Waals surface area (Å²) in [4.78, 5) is 9.15. The van der Waals surface area contributed by atoms with Gasteiger partial charge in [0.15, 0.2) is 0 Å². The first-order chi connectivity index (χ1) is 8.72. The van der Waals surface area contributed by atoms with Gasteiger partial charge in [-0.2, -0.15) is 0 Å². The van der Waals surface area contributed by atoms with Gasteiger partial charge in [-0.3, -0.25) is 5.43 Å². The molecule has 106 valence electrons. The van der Waals surface area contributed by atoms with Crippen molar-refractivity contribution in [3.8, 4) is 0 Å². The van der Waals surface area contributed by atoms with E-state index in [0.717, 1.165) is 38.4 Å². The van der Waals surface area contributed by atoms with Gasteiger partial charge in [-0.15, -0.1) is 0 Å². The highest BCUT2D eigenvalue weighted by atomic mass is 16.5. The molecular weight excluding hydrogens is 230 g/mol. The normalized spacial score (nSPS) is 23.0. The van der Waals surface area contributed by atoms with Gasteiger partial charge in [0.1, 0.15) is 0 Å². The predicted octanol–water partition coefficient (Wildman–Crippen LogP) is -0.132. The van der Waals surface area contributed by atoms with Gasteiger partial charge in [0.25, 0.3) is 0 Å². The van der Waals surface area contributed by atoms with Crippen LogP contribution in [0.25, 0.3) is 0 Å². The van der Waals surface area contributed by atoms with Gasteiger partial charge in [0, 0.05) is 26.2 Å². The molecule has 1 heterocycles. The van der Waals surface area contributed by atoms with Gasteiger partial charge in [0.2, 0.25) is 5.96 Å². The third-order valence-electron chi connectivity index (χ3n) is 3.33. The van der Waals surface area contributed by atoms with Crippen LogP contribution in [0.3, 0.4) is 0 Å². The molecule has 1 fully saturated rings. The maximum atomic E-state index is 5.61. The standard InChI is InChI=1S/C12H27N5O/c1-4-11-10-16(2)7-5-8-17(11)12(15-13)14-6-9-18-3/h11H,4-10,13H2,1-3H3,(H,14,15). The highest BCUT2D eigenvalue weighted by Crippen LogP contribution is 2.12. The molecule has 6 nitrogen and oxygen atoms in total. The largest absolute Gasteiger partial charge is 0.383 e. The monoisotopic (exact) mass is 257 g/mol. The Morgan fingerprint density at radius 2 is 2.28 bits per heavy atom. The molecule has 1 unspecified atom stereocenters. The van der Waals surface area contributed by atoms with Crippen LogP contribution in [-0.2, 0) is 4.74 Å². The van der Waals surface area contributed by atoms with Gasteiger partial charge in [-0.25, -0.2) is 10.8 Å². The lowest BCUT2D eigenvalue weighted by Crippen LogP contribution is -2.51. The lowest BCUT2D eigenvalue weighted by atomic mass is 10.2. The van der Waals surface area contributed by atoms with E-state index in [9.17, 15) is 0 Å². The van der Waals surface area contributed by atoms with Crippen molar-refractivity contribution in [2.24, 2.45) is 10.8 Å². The van der Waals surface area contributed by atoms with Crippen LogP contribution in [0, 0.1) is 0 Å². The molecule has 0 aromatic carbocycles. The van der Waals surface area contributed by atoms with E-state index in [4.69, 9.17) is 10.6 Å². The second kappa shape index (κ2) is 8.29. The van der Waals surface area contributed by atoms with E-state index in [0.29, 0.717) is 19.2 Å². The number of rotatable bonds is 4. The molecule has 0 aromatic heterocycles. The van der Waals surface area contributed by atoms with Crippen LogP contribution in [0.15, 0.2) is 4.99 Å². The summed E-state index contributed by atoms with van der Waals surface area (Å²) >= 11 is 0. The van der Waals surface area contributed by atoms with Crippen LogP contribution >= 0.6 is 0 Å². The Labute approximate surface area is 110 Å². The number of ether oxygens (including phenoxy) is 1. The Morgan fingerprint density at radius 3 is 2.89 bits per heavy atom. The second-order valence-electron chi connectivity index (χ2n) is 4.71. The molecule has 0 saturated carbocycles. The van der Waals surface area contributed by atoms with Crippen LogP contribution < -0.4 is 11.3 Å². The van der Waals surface area contributed by atoms with Gasteiger partial charge in [-0.1, -0.05) is 6.92 Å². The number of guanidine groups is 1. The fourth-order valence-electron chi connectivity index (χ4n) is 2.33. The van der Waals surface area contributed by atoms with Crippen LogP contribution in [0.5, 0.6) is 0 Å². The van der Waals surface area contributed by atoms with E-state index < -0.39 is 0 Å². The van der Waals surface area contributed by atoms with Crippen LogP contribution in [-0.4, -0.2) is 68.7 Å². The summed E-state index contributed by atoms with van der Waals surface area (Å²) in [6, 6.07) is 0.467. The van der Waals surface area contributed by atoms with E-state index in [1.807, 2.05) is 0 Å². The highest BCUT2D eigenvalue weighted by molar-refractivity contribution is 5.79. The van der Waals surface area contributed by atoms with Crippen molar-refractivity contribution in [1.29, 1.82) is 0 Å². The minimum Gasteiger partial charge on any atom is -0.383 e. The van der Waals surface area contributed by atoms with Gasteiger partial charge < -0.3 is 14.5 Å². The lowest BCUT2D eigenvalue weighted by molar-refractivity contribution is 0.206. The predicted molar refractivity (Wildman–Crippen MR) is 74.4 cm³/mol. The van der Waals surface area contributed by atoms with Crippen LogP contribution in [0.4, 0.5) is 0 Å². The Hall–Kier alpha value is -0.850. The summed E-state index contributed by atoms with van der Waals surface area (Å²) in [5.41, 5.74) is 2.74. The highest BCUT2D eigenvalue weighted by Gasteiger charge is 2.24. The average Bonchev–Trinajstić information content (AvgIpc) is 2.56. The fourth-order valence-corrected chi connectivity index (χ4v) is 2.33. The molecule has 1 aliphatic rings. The molecule has 3 N–H and O–H groups in total. The number of nitrogens with one attached hydrogen (secondary N) is 1.